The number of hydrogen-bond acceptors (Lipinski definition) is 3. The van der Waals surface area contributed by atoms with Gasteiger partial charge in [0.1, 0.15) is 11.6 Å². The number of aryl methyl sites for hydroxylation is 1. The van der Waals surface area contributed by atoms with E-state index in [1.165, 1.54) is 18.2 Å². The second kappa shape index (κ2) is 5.81. The largest absolute Gasteiger partial charge is 0.379 e. The lowest BCUT2D eigenvalue weighted by Crippen LogP contribution is -2.04. The Labute approximate surface area is 122 Å². The average molecular weight is 311 g/mol. The first kappa shape index (κ1) is 15.4. The molecule has 0 aliphatic heterocycles. The van der Waals surface area contributed by atoms with Gasteiger partial charge < -0.3 is 5.32 Å². The number of nitrogens with one attached hydrogen (secondary N) is 1. The summed E-state index contributed by atoms with van der Waals surface area (Å²) in [6.45, 7) is 1.91. The second-order valence-electron chi connectivity index (χ2n) is 4.85. The molecule has 0 spiro atoms. The van der Waals surface area contributed by atoms with E-state index in [4.69, 9.17) is 0 Å². The molecule has 2 aromatic rings. The summed E-state index contributed by atoms with van der Waals surface area (Å²) in [7, 11) is -3.39. The number of rotatable bonds is 4. The molecule has 2 aromatic carbocycles. The van der Waals surface area contributed by atoms with Crippen LogP contribution in [0.4, 0.5) is 14.5 Å². The molecule has 2 rings (SSSR count). The zero-order chi connectivity index (χ0) is 15.6. The molecule has 0 aliphatic carbocycles. The summed E-state index contributed by atoms with van der Waals surface area (Å²) in [6, 6.07) is 8.16. The van der Waals surface area contributed by atoms with Crippen molar-refractivity contribution in [2.75, 3.05) is 11.6 Å². The molecule has 0 saturated carbocycles. The van der Waals surface area contributed by atoms with Gasteiger partial charge >= 0.3 is 0 Å². The molecular formula is C15H15F2NO2S. The summed E-state index contributed by atoms with van der Waals surface area (Å²) < 4.78 is 49.8. The van der Waals surface area contributed by atoms with Gasteiger partial charge in [0.2, 0.25) is 0 Å². The van der Waals surface area contributed by atoms with Gasteiger partial charge in [-0.1, -0.05) is 12.1 Å². The van der Waals surface area contributed by atoms with Crippen LogP contribution in [0.5, 0.6) is 0 Å². The standard InChI is InChI=1S/C15H15F2NO2S/c1-10-7-11(3-5-13(10)16)9-18-15-8-12(21(2,19)20)4-6-14(15)17/h3-8,18H,9H2,1-2H3. The number of hydrogen-bond donors (Lipinski definition) is 1. The van der Waals surface area contributed by atoms with Crippen molar-refractivity contribution in [1.29, 1.82) is 0 Å². The molecule has 0 amide bonds. The molecule has 0 fully saturated rings. The van der Waals surface area contributed by atoms with Crippen LogP contribution < -0.4 is 5.32 Å². The molecule has 0 heterocycles. The monoisotopic (exact) mass is 311 g/mol. The highest BCUT2D eigenvalue weighted by Crippen LogP contribution is 2.20. The van der Waals surface area contributed by atoms with E-state index >= 15 is 0 Å². The number of benzene rings is 2. The molecule has 0 radical (unpaired) electrons. The summed E-state index contributed by atoms with van der Waals surface area (Å²) >= 11 is 0. The summed E-state index contributed by atoms with van der Waals surface area (Å²) in [5, 5.41) is 2.83. The van der Waals surface area contributed by atoms with E-state index in [1.807, 2.05) is 0 Å². The third-order valence-corrected chi connectivity index (χ3v) is 4.18. The van der Waals surface area contributed by atoms with Crippen molar-refractivity contribution in [1.82, 2.24) is 0 Å². The summed E-state index contributed by atoms with van der Waals surface area (Å²) in [4.78, 5) is 0.0432. The van der Waals surface area contributed by atoms with Crippen molar-refractivity contribution in [3.8, 4) is 0 Å². The van der Waals surface area contributed by atoms with Crippen molar-refractivity contribution in [2.45, 2.75) is 18.4 Å². The Bertz CT molecular complexity index is 773. The molecule has 0 saturated heterocycles. The smallest absolute Gasteiger partial charge is 0.175 e. The van der Waals surface area contributed by atoms with Crippen LogP contribution in [-0.4, -0.2) is 14.7 Å². The van der Waals surface area contributed by atoms with E-state index in [2.05, 4.69) is 5.32 Å². The van der Waals surface area contributed by atoms with Crippen molar-refractivity contribution >= 4 is 15.5 Å². The summed E-state index contributed by atoms with van der Waals surface area (Å²) in [5.41, 5.74) is 1.37. The third kappa shape index (κ3) is 3.78. The van der Waals surface area contributed by atoms with Gasteiger partial charge in [-0.05, 0) is 42.3 Å². The van der Waals surface area contributed by atoms with E-state index in [0.29, 0.717) is 5.56 Å². The molecule has 0 aliphatic rings. The minimum absolute atomic E-state index is 0.0432. The van der Waals surface area contributed by atoms with Gasteiger partial charge in [0.15, 0.2) is 9.84 Å². The molecule has 0 aromatic heterocycles. The van der Waals surface area contributed by atoms with Crippen LogP contribution in [0, 0.1) is 18.6 Å². The Hall–Kier alpha value is -1.95. The van der Waals surface area contributed by atoms with Crippen molar-refractivity contribution in [2.24, 2.45) is 0 Å². The second-order valence-corrected chi connectivity index (χ2v) is 6.87. The lowest BCUT2D eigenvalue weighted by atomic mass is 10.1. The van der Waals surface area contributed by atoms with E-state index in [-0.39, 0.29) is 22.9 Å². The van der Waals surface area contributed by atoms with Gasteiger partial charge in [-0.15, -0.1) is 0 Å². The fourth-order valence-electron chi connectivity index (χ4n) is 1.88. The predicted molar refractivity (Wildman–Crippen MR) is 78.0 cm³/mol. The Kier molecular flexibility index (Phi) is 4.27. The lowest BCUT2D eigenvalue weighted by molar-refractivity contribution is 0.600. The van der Waals surface area contributed by atoms with Gasteiger partial charge in [0.05, 0.1) is 10.6 Å². The topological polar surface area (TPSA) is 46.2 Å². The summed E-state index contributed by atoms with van der Waals surface area (Å²) in [6.07, 6.45) is 1.06. The maximum atomic E-state index is 13.7. The van der Waals surface area contributed by atoms with Crippen LogP contribution in [0.25, 0.3) is 0 Å². The average Bonchev–Trinajstić information content (AvgIpc) is 2.40. The van der Waals surface area contributed by atoms with E-state index in [9.17, 15) is 17.2 Å². The van der Waals surface area contributed by atoms with Crippen molar-refractivity contribution in [3.05, 3.63) is 59.2 Å². The van der Waals surface area contributed by atoms with Crippen LogP contribution in [0.3, 0.4) is 0 Å². The van der Waals surface area contributed by atoms with Crippen molar-refractivity contribution < 1.29 is 17.2 Å². The molecule has 0 bridgehead atoms. The normalized spacial score (nSPS) is 11.4. The number of anilines is 1. The Morgan fingerprint density at radius 1 is 1.05 bits per heavy atom. The van der Waals surface area contributed by atoms with Crippen LogP contribution >= 0.6 is 0 Å². The van der Waals surface area contributed by atoms with Gasteiger partial charge in [-0.3, -0.25) is 0 Å². The van der Waals surface area contributed by atoms with Gasteiger partial charge in [0.25, 0.3) is 0 Å². The van der Waals surface area contributed by atoms with E-state index < -0.39 is 15.7 Å². The van der Waals surface area contributed by atoms with E-state index in [1.54, 1.807) is 19.1 Å². The fraction of sp³-hybridized carbons (Fsp3) is 0.200. The highest BCUT2D eigenvalue weighted by Gasteiger charge is 2.11. The first-order valence-corrected chi connectivity index (χ1v) is 8.15. The van der Waals surface area contributed by atoms with Crippen LogP contribution in [-0.2, 0) is 16.4 Å². The molecule has 21 heavy (non-hydrogen) atoms. The van der Waals surface area contributed by atoms with Gasteiger partial charge in [-0.2, -0.15) is 0 Å². The van der Waals surface area contributed by atoms with Crippen LogP contribution in [0.2, 0.25) is 0 Å². The molecule has 0 atom stereocenters. The molecular weight excluding hydrogens is 296 g/mol. The zero-order valence-electron chi connectivity index (χ0n) is 11.7. The Morgan fingerprint density at radius 3 is 2.33 bits per heavy atom. The van der Waals surface area contributed by atoms with Crippen LogP contribution in [0.15, 0.2) is 41.3 Å². The fourth-order valence-corrected chi connectivity index (χ4v) is 2.53. The molecule has 0 unspecified atom stereocenters. The molecule has 112 valence electrons. The SMILES string of the molecule is Cc1cc(CNc2cc(S(C)(=O)=O)ccc2F)ccc1F. The molecule has 3 nitrogen and oxygen atoms in total. The third-order valence-electron chi connectivity index (χ3n) is 3.07. The van der Waals surface area contributed by atoms with E-state index in [0.717, 1.165) is 17.9 Å². The minimum atomic E-state index is -3.39. The maximum Gasteiger partial charge on any atom is 0.175 e. The highest BCUT2D eigenvalue weighted by molar-refractivity contribution is 7.90. The Balaban J connectivity index is 2.21. The highest BCUT2D eigenvalue weighted by atomic mass is 32.2. The molecule has 1 N–H and O–H groups in total. The quantitative estimate of drug-likeness (QED) is 0.881. The first-order chi connectivity index (χ1) is 9.77. The first-order valence-electron chi connectivity index (χ1n) is 6.26. The lowest BCUT2D eigenvalue weighted by Gasteiger charge is -2.10. The minimum Gasteiger partial charge on any atom is -0.379 e. The van der Waals surface area contributed by atoms with Gasteiger partial charge in [0, 0.05) is 12.8 Å². The maximum absolute atomic E-state index is 13.7. The van der Waals surface area contributed by atoms with Crippen molar-refractivity contribution in [3.63, 3.8) is 0 Å². The predicted octanol–water partition coefficient (Wildman–Crippen LogP) is 3.29. The summed E-state index contributed by atoms with van der Waals surface area (Å²) in [5.74, 6) is -0.842. The Morgan fingerprint density at radius 2 is 1.71 bits per heavy atom. The molecule has 6 heteroatoms. The number of sulfone groups is 1. The van der Waals surface area contributed by atoms with Gasteiger partial charge in [-0.25, -0.2) is 17.2 Å². The van der Waals surface area contributed by atoms with Crippen LogP contribution in [0.1, 0.15) is 11.1 Å². The zero-order valence-corrected chi connectivity index (χ0v) is 12.5. The number of halogens is 2.